The number of halogens is 1. The van der Waals surface area contributed by atoms with Gasteiger partial charge in [-0.2, -0.15) is 0 Å². The predicted molar refractivity (Wildman–Crippen MR) is 75.9 cm³/mol. The fourth-order valence-electron chi connectivity index (χ4n) is 1.36. The maximum absolute atomic E-state index is 5.60. The topological polar surface area (TPSA) is 44.2 Å². The van der Waals surface area contributed by atoms with Crippen LogP contribution in [0.3, 0.4) is 0 Å². The minimum absolute atomic E-state index is 0. The highest BCUT2D eigenvalue weighted by Gasteiger charge is 2.09. The fourth-order valence-corrected chi connectivity index (χ4v) is 1.36. The zero-order chi connectivity index (χ0) is 10.9. The molecule has 0 aromatic heterocycles. The maximum Gasteiger partial charge on any atom is 0.0514 e. The van der Waals surface area contributed by atoms with E-state index in [0.29, 0.717) is 5.41 Å². The summed E-state index contributed by atoms with van der Waals surface area (Å²) < 4.78 is 5.60. The van der Waals surface area contributed by atoms with Gasteiger partial charge in [0.05, 0.1) is 6.61 Å². The van der Waals surface area contributed by atoms with Gasteiger partial charge in [-0.15, -0.1) is 12.4 Å². The Hall–Kier alpha value is 0.210. The van der Waals surface area contributed by atoms with Gasteiger partial charge >= 0.3 is 0 Å². The molecule has 0 heterocycles. The third-order valence-corrected chi connectivity index (χ3v) is 2.18. The summed E-state index contributed by atoms with van der Waals surface area (Å²) in [6.07, 6.45) is 8.08. The van der Waals surface area contributed by atoms with E-state index in [4.69, 9.17) is 4.74 Å². The van der Waals surface area contributed by atoms with Crippen LogP contribution in [0.25, 0.3) is 0 Å². The molecule has 0 aromatic carbocycles. The molecule has 0 bridgehead atoms. The lowest BCUT2D eigenvalue weighted by molar-refractivity contribution is 0.0686. The minimum Gasteiger partial charge on any atom is -0.381 e. The van der Waals surface area contributed by atoms with Crippen LogP contribution in [-0.4, -0.2) is 13.2 Å². The lowest BCUT2D eigenvalue weighted by Crippen LogP contribution is -2.14. The minimum atomic E-state index is 0. The van der Waals surface area contributed by atoms with Crippen molar-refractivity contribution in [2.75, 3.05) is 13.2 Å². The first-order valence-corrected chi connectivity index (χ1v) is 6.14. The van der Waals surface area contributed by atoms with Gasteiger partial charge in [-0.25, -0.2) is 0 Å². The molecule has 0 aromatic rings. The van der Waals surface area contributed by atoms with Crippen LogP contribution in [0, 0.1) is 5.41 Å². The Morgan fingerprint density at radius 1 is 0.875 bits per heavy atom. The van der Waals surface area contributed by atoms with E-state index in [-0.39, 0.29) is 18.6 Å². The molecule has 0 spiro atoms. The molecule has 0 radical (unpaired) electrons. The van der Waals surface area contributed by atoms with Crippen molar-refractivity contribution in [3.63, 3.8) is 0 Å². The fraction of sp³-hybridized carbons (Fsp3) is 1.00. The van der Waals surface area contributed by atoms with E-state index in [1.54, 1.807) is 0 Å². The second-order valence-corrected chi connectivity index (χ2v) is 5.38. The second kappa shape index (κ2) is 13.3. The highest BCUT2D eigenvalue weighted by molar-refractivity contribution is 5.85. The molecule has 0 rings (SSSR count). The van der Waals surface area contributed by atoms with Gasteiger partial charge in [-0.3, -0.25) is 0 Å². The van der Waals surface area contributed by atoms with Crippen LogP contribution in [0.15, 0.2) is 0 Å². The lowest BCUT2D eigenvalue weighted by atomic mass is 9.99. The first kappa shape index (κ1) is 21.5. The first-order chi connectivity index (χ1) is 6.56. The summed E-state index contributed by atoms with van der Waals surface area (Å²) in [5.41, 5.74) is 0.322. The first-order valence-electron chi connectivity index (χ1n) is 6.14. The molecular formula is C13H32ClNO. The SMILES string of the molecule is CCCCCCCCOCC(C)(C)C.Cl.N. The number of hydrogen-bond donors (Lipinski definition) is 1. The summed E-state index contributed by atoms with van der Waals surface area (Å²) >= 11 is 0. The third kappa shape index (κ3) is 19.7. The normalized spacial score (nSPS) is 10.5. The molecule has 0 aliphatic carbocycles. The highest BCUT2D eigenvalue weighted by Crippen LogP contribution is 2.13. The smallest absolute Gasteiger partial charge is 0.0514 e. The van der Waals surface area contributed by atoms with Crippen LogP contribution < -0.4 is 6.15 Å². The van der Waals surface area contributed by atoms with E-state index in [9.17, 15) is 0 Å². The maximum atomic E-state index is 5.60. The van der Waals surface area contributed by atoms with Gasteiger partial charge in [-0.05, 0) is 11.8 Å². The zero-order valence-electron chi connectivity index (χ0n) is 11.7. The van der Waals surface area contributed by atoms with Crippen molar-refractivity contribution in [2.24, 2.45) is 5.41 Å². The van der Waals surface area contributed by atoms with Crippen LogP contribution in [0.5, 0.6) is 0 Å². The van der Waals surface area contributed by atoms with E-state index in [1.165, 1.54) is 38.5 Å². The number of hydrogen-bond acceptors (Lipinski definition) is 2. The molecule has 0 atom stereocenters. The van der Waals surface area contributed by atoms with Gasteiger partial charge in [0.15, 0.2) is 0 Å². The molecule has 0 amide bonds. The Bertz CT molecular complexity index is 124. The largest absolute Gasteiger partial charge is 0.381 e. The quantitative estimate of drug-likeness (QED) is 0.619. The lowest BCUT2D eigenvalue weighted by Gasteiger charge is -2.17. The molecule has 102 valence electrons. The van der Waals surface area contributed by atoms with Crippen LogP contribution in [0.2, 0.25) is 0 Å². The van der Waals surface area contributed by atoms with Crippen molar-refractivity contribution in [1.82, 2.24) is 6.15 Å². The van der Waals surface area contributed by atoms with E-state index in [2.05, 4.69) is 27.7 Å². The molecule has 0 aliphatic heterocycles. The van der Waals surface area contributed by atoms with Crippen molar-refractivity contribution in [1.29, 1.82) is 0 Å². The monoisotopic (exact) mass is 253 g/mol. The molecule has 16 heavy (non-hydrogen) atoms. The average molecular weight is 254 g/mol. The number of ether oxygens (including phenoxy) is 1. The summed E-state index contributed by atoms with van der Waals surface area (Å²) in [5, 5.41) is 0. The second-order valence-electron chi connectivity index (χ2n) is 5.38. The van der Waals surface area contributed by atoms with Gasteiger partial charge in [0.25, 0.3) is 0 Å². The van der Waals surface area contributed by atoms with Gasteiger partial charge < -0.3 is 10.9 Å². The summed E-state index contributed by atoms with van der Waals surface area (Å²) in [7, 11) is 0. The molecule has 3 heteroatoms. The molecule has 3 N–H and O–H groups in total. The van der Waals surface area contributed by atoms with E-state index >= 15 is 0 Å². The zero-order valence-corrected chi connectivity index (χ0v) is 12.5. The van der Waals surface area contributed by atoms with E-state index < -0.39 is 0 Å². The van der Waals surface area contributed by atoms with Gasteiger partial charge in [0.2, 0.25) is 0 Å². The number of unbranched alkanes of at least 4 members (excludes halogenated alkanes) is 5. The highest BCUT2D eigenvalue weighted by atomic mass is 35.5. The molecule has 0 saturated carbocycles. The van der Waals surface area contributed by atoms with Crippen molar-refractivity contribution >= 4 is 12.4 Å². The predicted octanol–water partition coefficient (Wildman–Crippen LogP) is 4.99. The number of rotatable bonds is 8. The van der Waals surface area contributed by atoms with E-state index in [1.807, 2.05) is 0 Å². The summed E-state index contributed by atoms with van der Waals surface area (Å²) in [5.74, 6) is 0. The Kier molecular flexibility index (Phi) is 17.8. The van der Waals surface area contributed by atoms with Crippen LogP contribution in [0.1, 0.15) is 66.2 Å². The van der Waals surface area contributed by atoms with Crippen LogP contribution in [-0.2, 0) is 4.74 Å². The van der Waals surface area contributed by atoms with Gasteiger partial charge in [-0.1, -0.05) is 59.8 Å². The Morgan fingerprint density at radius 3 is 1.88 bits per heavy atom. The van der Waals surface area contributed by atoms with Gasteiger partial charge in [0.1, 0.15) is 0 Å². The standard InChI is InChI=1S/C13H28O.ClH.H3N/c1-5-6-7-8-9-10-11-14-12-13(2,3)4;;/h5-12H2,1-4H3;1H;1H3. The molecular weight excluding hydrogens is 222 g/mol. The Labute approximate surface area is 109 Å². The van der Waals surface area contributed by atoms with E-state index in [0.717, 1.165) is 13.2 Å². The molecule has 0 aliphatic rings. The third-order valence-electron chi connectivity index (χ3n) is 2.18. The van der Waals surface area contributed by atoms with Crippen molar-refractivity contribution < 1.29 is 4.74 Å². The summed E-state index contributed by atoms with van der Waals surface area (Å²) in [6, 6.07) is 0. The molecule has 2 nitrogen and oxygen atoms in total. The van der Waals surface area contributed by atoms with Crippen LogP contribution in [0.4, 0.5) is 0 Å². The van der Waals surface area contributed by atoms with Crippen LogP contribution >= 0.6 is 12.4 Å². The van der Waals surface area contributed by atoms with Crippen molar-refractivity contribution in [3.8, 4) is 0 Å². The average Bonchev–Trinajstić information content (AvgIpc) is 2.08. The molecule has 0 fully saturated rings. The Balaban J connectivity index is -0.000000845. The molecule has 0 saturated heterocycles. The Morgan fingerprint density at radius 2 is 1.38 bits per heavy atom. The summed E-state index contributed by atoms with van der Waals surface area (Å²) in [6.45, 7) is 10.7. The molecule has 0 unspecified atom stereocenters. The van der Waals surface area contributed by atoms with Gasteiger partial charge in [0, 0.05) is 6.61 Å². The van der Waals surface area contributed by atoms with Crippen molar-refractivity contribution in [3.05, 3.63) is 0 Å². The summed E-state index contributed by atoms with van der Waals surface area (Å²) in [4.78, 5) is 0. The van der Waals surface area contributed by atoms with Crippen molar-refractivity contribution in [2.45, 2.75) is 66.2 Å².